The molecule has 0 fully saturated rings. The first kappa shape index (κ1) is 18.9. The Morgan fingerprint density at radius 1 is 1.17 bits per heavy atom. The smallest absolute Gasteiger partial charge is 0.375 e. The third-order valence-corrected chi connectivity index (χ3v) is 6.34. The molecule has 0 aliphatic heterocycles. The first-order valence-corrected chi connectivity index (χ1v) is 9.76. The first-order chi connectivity index (χ1) is 11.0. The van der Waals surface area contributed by atoms with Crippen LogP contribution in [0.1, 0.15) is 5.56 Å². The van der Waals surface area contributed by atoms with Gasteiger partial charge in [0.1, 0.15) is 6.33 Å². The fourth-order valence-corrected chi connectivity index (χ4v) is 3.49. The van der Waals surface area contributed by atoms with E-state index >= 15 is 0 Å². The fourth-order valence-electron chi connectivity index (χ4n) is 1.48. The van der Waals surface area contributed by atoms with Crippen molar-refractivity contribution in [2.24, 2.45) is 0 Å². The van der Waals surface area contributed by atoms with Gasteiger partial charge in [-0.2, -0.15) is 21.1 Å². The molecule has 1 aromatic carbocycles. The Morgan fingerprint density at radius 2 is 1.79 bits per heavy atom. The van der Waals surface area contributed by atoms with Crippen LogP contribution >= 0.6 is 23.2 Å². The van der Waals surface area contributed by atoms with E-state index < -0.39 is 25.5 Å². The maximum Gasteiger partial charge on any atom is 0.377 e. The Labute approximate surface area is 149 Å². The third-order valence-electron chi connectivity index (χ3n) is 2.86. The van der Waals surface area contributed by atoms with Crippen LogP contribution in [0.5, 0.6) is 5.75 Å². The summed E-state index contributed by atoms with van der Waals surface area (Å²) in [4.78, 5) is 3.47. The minimum atomic E-state index is -4.48. The number of hydrogen-bond acceptors (Lipinski definition) is 7. The zero-order valence-electron chi connectivity index (χ0n) is 12.6. The summed E-state index contributed by atoms with van der Waals surface area (Å²) in [6.45, 7) is 1.58. The van der Waals surface area contributed by atoms with E-state index in [1.54, 1.807) is 6.92 Å². The van der Waals surface area contributed by atoms with Crippen LogP contribution in [0.25, 0.3) is 0 Å². The van der Waals surface area contributed by atoms with Crippen LogP contribution in [0.2, 0.25) is 10.0 Å². The highest BCUT2D eigenvalue weighted by Crippen LogP contribution is 2.33. The van der Waals surface area contributed by atoms with Crippen molar-refractivity contribution in [1.29, 1.82) is 0 Å². The van der Waals surface area contributed by atoms with Crippen molar-refractivity contribution in [2.45, 2.75) is 12.1 Å². The number of halogens is 2. The summed E-state index contributed by atoms with van der Waals surface area (Å²) >= 11 is 11.9. The van der Waals surface area contributed by atoms with Gasteiger partial charge in [0.25, 0.3) is 0 Å². The minimum Gasteiger partial charge on any atom is -0.375 e. The Morgan fingerprint density at radius 3 is 2.38 bits per heavy atom. The lowest BCUT2D eigenvalue weighted by Gasteiger charge is -2.10. The number of hydrogen-bond donors (Lipinski definition) is 0. The summed E-state index contributed by atoms with van der Waals surface area (Å²) in [6.07, 6.45) is 0.750. The second-order valence-electron chi connectivity index (χ2n) is 4.71. The molecular formula is C11H12Cl2N4O5S2. The molecule has 0 spiro atoms. The molecule has 0 radical (unpaired) electrons. The Balaban J connectivity index is 2.40. The highest BCUT2D eigenvalue weighted by atomic mass is 35.5. The monoisotopic (exact) mass is 414 g/mol. The molecular weight excluding hydrogens is 403 g/mol. The molecule has 0 bridgehead atoms. The van der Waals surface area contributed by atoms with Crippen molar-refractivity contribution in [1.82, 2.24) is 18.5 Å². The van der Waals surface area contributed by atoms with Crippen LogP contribution in [0, 0.1) is 6.92 Å². The van der Waals surface area contributed by atoms with Crippen molar-refractivity contribution in [2.75, 3.05) is 14.1 Å². The largest absolute Gasteiger partial charge is 0.377 e. The van der Waals surface area contributed by atoms with Crippen LogP contribution in [0.15, 0.2) is 23.6 Å². The fraction of sp³-hybridized carbons (Fsp3) is 0.273. The van der Waals surface area contributed by atoms with E-state index in [-0.39, 0.29) is 10.8 Å². The van der Waals surface area contributed by atoms with Crippen molar-refractivity contribution in [3.05, 3.63) is 34.1 Å². The molecule has 0 atom stereocenters. The molecule has 132 valence electrons. The number of aromatic nitrogens is 3. The third kappa shape index (κ3) is 3.49. The lowest BCUT2D eigenvalue weighted by atomic mass is 10.2. The van der Waals surface area contributed by atoms with E-state index in [1.807, 2.05) is 0 Å². The van der Waals surface area contributed by atoms with Crippen LogP contribution < -0.4 is 4.18 Å². The van der Waals surface area contributed by atoms with E-state index in [0.717, 1.165) is 10.6 Å². The van der Waals surface area contributed by atoms with Gasteiger partial charge in [0.2, 0.25) is 0 Å². The van der Waals surface area contributed by atoms with Crippen LogP contribution in [0.3, 0.4) is 0 Å². The van der Waals surface area contributed by atoms with Gasteiger partial charge >= 0.3 is 25.5 Å². The molecule has 0 aliphatic carbocycles. The molecule has 2 rings (SSSR count). The molecule has 13 heteroatoms. The van der Waals surface area contributed by atoms with Crippen molar-refractivity contribution >= 4 is 43.5 Å². The zero-order valence-corrected chi connectivity index (χ0v) is 15.8. The summed E-state index contributed by atoms with van der Waals surface area (Å²) in [6, 6.07) is 2.68. The van der Waals surface area contributed by atoms with E-state index in [2.05, 4.69) is 10.1 Å². The van der Waals surface area contributed by atoms with Gasteiger partial charge in [-0.15, -0.1) is 9.19 Å². The average Bonchev–Trinajstić information content (AvgIpc) is 2.99. The van der Waals surface area contributed by atoms with E-state index in [1.165, 1.54) is 26.2 Å². The number of rotatable bonds is 5. The molecule has 1 heterocycles. The second-order valence-corrected chi connectivity index (χ2v) is 8.94. The first-order valence-electron chi connectivity index (χ1n) is 6.20. The molecule has 0 aliphatic rings. The normalized spacial score (nSPS) is 12.6. The van der Waals surface area contributed by atoms with Crippen molar-refractivity contribution < 1.29 is 21.0 Å². The molecule has 1 aromatic heterocycles. The maximum atomic E-state index is 12.2. The van der Waals surface area contributed by atoms with E-state index in [9.17, 15) is 16.8 Å². The lowest BCUT2D eigenvalue weighted by Crippen LogP contribution is -2.29. The SMILES string of the molecule is Cc1c(Cl)ccc(OS(=O)(=O)c2ncn(S(=O)(=O)N(C)C)n2)c1Cl. The predicted octanol–water partition coefficient (Wildman–Crippen LogP) is 1.32. The van der Waals surface area contributed by atoms with E-state index in [4.69, 9.17) is 27.4 Å². The summed E-state index contributed by atoms with van der Waals surface area (Å²) in [5.74, 6) is -0.176. The highest BCUT2D eigenvalue weighted by molar-refractivity contribution is 7.87. The Hall–Kier alpha value is -1.40. The molecule has 0 saturated carbocycles. The molecule has 24 heavy (non-hydrogen) atoms. The van der Waals surface area contributed by atoms with Crippen LogP contribution in [0.4, 0.5) is 0 Å². The van der Waals surface area contributed by atoms with Gasteiger partial charge in [-0.05, 0) is 24.6 Å². The van der Waals surface area contributed by atoms with Crippen molar-refractivity contribution in [3.63, 3.8) is 0 Å². The van der Waals surface area contributed by atoms with Gasteiger partial charge in [0, 0.05) is 19.1 Å². The standard InChI is InChI=1S/C11H12Cl2N4O5S2/c1-7-8(12)4-5-9(10(7)13)22-23(18,19)11-14-6-17(15-11)24(20,21)16(2)3/h4-6H,1-3H3. The molecule has 2 aromatic rings. The number of nitrogens with zero attached hydrogens (tertiary/aromatic N) is 4. The summed E-state index contributed by atoms with van der Waals surface area (Å²) in [5, 5.41) is 2.96. The Bertz CT molecular complexity index is 986. The molecule has 0 N–H and O–H groups in total. The van der Waals surface area contributed by atoms with Gasteiger partial charge in [-0.1, -0.05) is 23.2 Å². The van der Waals surface area contributed by atoms with Gasteiger partial charge < -0.3 is 4.18 Å². The highest BCUT2D eigenvalue weighted by Gasteiger charge is 2.27. The van der Waals surface area contributed by atoms with Gasteiger partial charge in [-0.25, -0.2) is 4.98 Å². The average molecular weight is 415 g/mol. The lowest BCUT2D eigenvalue weighted by molar-refractivity contribution is 0.476. The summed E-state index contributed by atoms with van der Waals surface area (Å²) in [7, 11) is -5.96. The Kier molecular flexibility index (Phi) is 5.11. The molecule has 0 unspecified atom stereocenters. The molecule has 0 saturated heterocycles. The summed E-state index contributed by atoms with van der Waals surface area (Å²) < 4.78 is 54.3. The number of benzene rings is 1. The second kappa shape index (κ2) is 6.48. The topological polar surface area (TPSA) is 111 Å². The maximum absolute atomic E-state index is 12.2. The van der Waals surface area contributed by atoms with Crippen molar-refractivity contribution in [3.8, 4) is 5.75 Å². The van der Waals surface area contributed by atoms with Crippen LogP contribution in [-0.4, -0.2) is 49.4 Å². The molecule has 9 nitrogen and oxygen atoms in total. The molecule has 0 amide bonds. The summed E-state index contributed by atoms with van der Waals surface area (Å²) in [5.41, 5.74) is 0.430. The predicted molar refractivity (Wildman–Crippen MR) is 87.0 cm³/mol. The zero-order chi connectivity index (χ0) is 18.3. The quantitative estimate of drug-likeness (QED) is 0.677. The van der Waals surface area contributed by atoms with Gasteiger partial charge in [0.15, 0.2) is 5.75 Å². The van der Waals surface area contributed by atoms with Crippen LogP contribution in [-0.2, 0) is 20.3 Å². The van der Waals surface area contributed by atoms with E-state index in [0.29, 0.717) is 14.7 Å². The van der Waals surface area contributed by atoms with Gasteiger partial charge in [-0.3, -0.25) is 0 Å². The van der Waals surface area contributed by atoms with Gasteiger partial charge in [0.05, 0.1) is 5.02 Å². The minimum absolute atomic E-state index is 0.00595.